The molecule has 4 heterocycles. The van der Waals surface area contributed by atoms with E-state index in [2.05, 4.69) is 22.0 Å². The highest BCUT2D eigenvalue weighted by atomic mass is 16.6. The van der Waals surface area contributed by atoms with Crippen LogP contribution in [-0.4, -0.2) is 34.6 Å². The monoisotopic (exact) mass is 403 g/mol. The Morgan fingerprint density at radius 1 is 1.10 bits per heavy atom. The van der Waals surface area contributed by atoms with Crippen LogP contribution in [-0.2, 0) is 6.54 Å². The summed E-state index contributed by atoms with van der Waals surface area (Å²) in [4.78, 5) is 22.6. The van der Waals surface area contributed by atoms with Crippen LogP contribution in [0.25, 0.3) is 22.1 Å². The molecule has 0 bridgehead atoms. The quantitative estimate of drug-likeness (QED) is 0.561. The lowest BCUT2D eigenvalue weighted by molar-refractivity contribution is 0.170. The van der Waals surface area contributed by atoms with Crippen molar-refractivity contribution >= 4 is 22.1 Å². The predicted octanol–water partition coefficient (Wildman–Crippen LogP) is 3.78. The SMILES string of the molecule is O=c1[nH]c(CN2CCCC2c2ccc3c(c2)OCCO3)nc2c1oc1ccccc12. The third-order valence-corrected chi connectivity index (χ3v) is 5.95. The maximum Gasteiger partial charge on any atom is 0.294 e. The Hall–Kier alpha value is -3.32. The van der Waals surface area contributed by atoms with Crippen LogP contribution in [0.5, 0.6) is 11.5 Å². The number of fused-ring (bicyclic) bond motifs is 4. The molecule has 0 radical (unpaired) electrons. The first-order valence-corrected chi connectivity index (χ1v) is 10.3. The first kappa shape index (κ1) is 17.5. The number of furan rings is 1. The summed E-state index contributed by atoms with van der Waals surface area (Å²) in [5, 5.41) is 0.865. The van der Waals surface area contributed by atoms with Crippen molar-refractivity contribution in [3.05, 3.63) is 64.2 Å². The molecule has 1 N–H and O–H groups in total. The van der Waals surface area contributed by atoms with Crippen molar-refractivity contribution in [2.45, 2.75) is 25.4 Å². The summed E-state index contributed by atoms with van der Waals surface area (Å²) in [5.74, 6) is 2.27. The van der Waals surface area contributed by atoms with Gasteiger partial charge in [0.25, 0.3) is 5.56 Å². The van der Waals surface area contributed by atoms with E-state index in [1.807, 2.05) is 30.3 Å². The minimum Gasteiger partial charge on any atom is -0.486 e. The highest BCUT2D eigenvalue weighted by Crippen LogP contribution is 2.38. The maximum atomic E-state index is 12.6. The molecule has 1 atom stereocenters. The van der Waals surface area contributed by atoms with Gasteiger partial charge in [0.1, 0.15) is 30.1 Å². The van der Waals surface area contributed by atoms with E-state index in [0.717, 1.165) is 36.3 Å². The van der Waals surface area contributed by atoms with Gasteiger partial charge in [-0.05, 0) is 49.2 Å². The standard InChI is InChI=1S/C23H21N3O4/c27-23-22-21(15-4-1-2-6-17(15)30-22)24-20(25-23)13-26-9-3-5-16(26)14-7-8-18-19(12-14)29-11-10-28-18/h1-2,4,6-8,12,16H,3,5,9-11,13H2,(H,24,25,27). The Labute approximate surface area is 172 Å². The normalized spacial score (nSPS) is 19.0. The van der Waals surface area contributed by atoms with Crippen molar-refractivity contribution in [3.8, 4) is 11.5 Å². The molecule has 6 rings (SSSR count). The van der Waals surface area contributed by atoms with Crippen molar-refractivity contribution in [1.82, 2.24) is 14.9 Å². The number of hydrogen-bond donors (Lipinski definition) is 1. The smallest absolute Gasteiger partial charge is 0.294 e. The molecule has 7 nitrogen and oxygen atoms in total. The zero-order chi connectivity index (χ0) is 20.1. The number of para-hydroxylation sites is 1. The number of ether oxygens (including phenoxy) is 2. The average molecular weight is 403 g/mol. The molecule has 2 aliphatic heterocycles. The molecular formula is C23H21N3O4. The topological polar surface area (TPSA) is 80.6 Å². The molecule has 0 spiro atoms. The molecule has 0 saturated carbocycles. The molecular weight excluding hydrogens is 382 g/mol. The number of aromatic nitrogens is 2. The van der Waals surface area contributed by atoms with Crippen LogP contribution in [0, 0.1) is 0 Å². The van der Waals surface area contributed by atoms with E-state index >= 15 is 0 Å². The van der Waals surface area contributed by atoms with E-state index in [4.69, 9.17) is 18.9 Å². The molecule has 1 saturated heterocycles. The zero-order valence-electron chi connectivity index (χ0n) is 16.4. The summed E-state index contributed by atoms with van der Waals surface area (Å²) in [5.41, 5.74) is 2.55. The van der Waals surface area contributed by atoms with Gasteiger partial charge in [-0.3, -0.25) is 9.69 Å². The van der Waals surface area contributed by atoms with E-state index < -0.39 is 0 Å². The maximum absolute atomic E-state index is 12.6. The van der Waals surface area contributed by atoms with Crippen molar-refractivity contribution in [3.63, 3.8) is 0 Å². The summed E-state index contributed by atoms with van der Waals surface area (Å²) in [6.45, 7) is 2.69. The van der Waals surface area contributed by atoms with Gasteiger partial charge in [-0.1, -0.05) is 18.2 Å². The number of hydrogen-bond acceptors (Lipinski definition) is 6. The fourth-order valence-corrected chi connectivity index (χ4v) is 4.57. The van der Waals surface area contributed by atoms with E-state index in [9.17, 15) is 4.79 Å². The molecule has 1 unspecified atom stereocenters. The van der Waals surface area contributed by atoms with Gasteiger partial charge in [0.05, 0.1) is 6.54 Å². The van der Waals surface area contributed by atoms with Crippen molar-refractivity contribution in [1.29, 1.82) is 0 Å². The Bertz CT molecular complexity index is 1310. The number of nitrogens with zero attached hydrogens (tertiary/aromatic N) is 2. The second-order valence-corrected chi connectivity index (χ2v) is 7.82. The van der Waals surface area contributed by atoms with Crippen LogP contribution in [0.3, 0.4) is 0 Å². The number of H-pyrrole nitrogens is 1. The lowest BCUT2D eigenvalue weighted by Gasteiger charge is -2.26. The first-order valence-electron chi connectivity index (χ1n) is 10.3. The van der Waals surface area contributed by atoms with Gasteiger partial charge < -0.3 is 18.9 Å². The molecule has 152 valence electrons. The average Bonchev–Trinajstić information content (AvgIpc) is 3.38. The van der Waals surface area contributed by atoms with Gasteiger partial charge in [-0.2, -0.15) is 0 Å². The van der Waals surface area contributed by atoms with Gasteiger partial charge in [-0.15, -0.1) is 0 Å². The zero-order valence-corrected chi connectivity index (χ0v) is 16.4. The Morgan fingerprint density at radius 2 is 1.97 bits per heavy atom. The minimum absolute atomic E-state index is 0.235. The summed E-state index contributed by atoms with van der Waals surface area (Å²) < 4.78 is 17.1. The fraction of sp³-hybridized carbons (Fsp3) is 0.304. The summed E-state index contributed by atoms with van der Waals surface area (Å²) in [7, 11) is 0. The molecule has 1 fully saturated rings. The summed E-state index contributed by atoms with van der Waals surface area (Å²) >= 11 is 0. The van der Waals surface area contributed by atoms with Crippen LogP contribution in [0.1, 0.15) is 30.3 Å². The molecule has 0 aliphatic carbocycles. The Balaban J connectivity index is 1.33. The fourth-order valence-electron chi connectivity index (χ4n) is 4.57. The van der Waals surface area contributed by atoms with E-state index in [1.165, 1.54) is 5.56 Å². The first-order chi connectivity index (χ1) is 14.8. The van der Waals surface area contributed by atoms with Crippen LogP contribution in [0.2, 0.25) is 0 Å². The highest BCUT2D eigenvalue weighted by Gasteiger charge is 2.28. The van der Waals surface area contributed by atoms with E-state index in [1.54, 1.807) is 0 Å². The van der Waals surface area contributed by atoms with Gasteiger partial charge >= 0.3 is 0 Å². The third-order valence-electron chi connectivity index (χ3n) is 5.95. The largest absolute Gasteiger partial charge is 0.486 e. The van der Waals surface area contributed by atoms with E-state index in [-0.39, 0.29) is 17.2 Å². The molecule has 7 heteroatoms. The molecule has 30 heavy (non-hydrogen) atoms. The van der Waals surface area contributed by atoms with Crippen LogP contribution >= 0.6 is 0 Å². The molecule has 4 aromatic rings. The third kappa shape index (κ3) is 2.85. The van der Waals surface area contributed by atoms with Gasteiger partial charge in [0.15, 0.2) is 11.5 Å². The van der Waals surface area contributed by atoms with Gasteiger partial charge in [-0.25, -0.2) is 4.98 Å². The number of likely N-dealkylation sites (tertiary alicyclic amines) is 1. The van der Waals surface area contributed by atoms with Crippen molar-refractivity contribution in [2.75, 3.05) is 19.8 Å². The molecule has 0 amide bonds. The Morgan fingerprint density at radius 3 is 2.90 bits per heavy atom. The lowest BCUT2D eigenvalue weighted by atomic mass is 10.0. The summed E-state index contributed by atoms with van der Waals surface area (Å²) in [6, 6.07) is 14.0. The van der Waals surface area contributed by atoms with Gasteiger partial charge in [0.2, 0.25) is 5.58 Å². The van der Waals surface area contributed by atoms with Crippen molar-refractivity contribution in [2.24, 2.45) is 0 Å². The van der Waals surface area contributed by atoms with Crippen LogP contribution in [0.4, 0.5) is 0 Å². The Kier molecular flexibility index (Phi) is 4.02. The van der Waals surface area contributed by atoms with Crippen molar-refractivity contribution < 1.29 is 13.9 Å². The number of nitrogens with one attached hydrogen (secondary N) is 1. The minimum atomic E-state index is -0.235. The predicted molar refractivity (Wildman–Crippen MR) is 112 cm³/mol. The number of benzene rings is 2. The van der Waals surface area contributed by atoms with Crippen LogP contribution in [0.15, 0.2) is 51.7 Å². The second-order valence-electron chi connectivity index (χ2n) is 7.82. The number of aromatic amines is 1. The molecule has 2 aromatic carbocycles. The van der Waals surface area contributed by atoms with E-state index in [0.29, 0.717) is 36.7 Å². The van der Waals surface area contributed by atoms with Gasteiger partial charge in [0, 0.05) is 11.4 Å². The molecule has 2 aromatic heterocycles. The molecule has 2 aliphatic rings. The lowest BCUT2D eigenvalue weighted by Crippen LogP contribution is -2.25. The van der Waals surface area contributed by atoms with Crippen LogP contribution < -0.4 is 15.0 Å². The summed E-state index contributed by atoms with van der Waals surface area (Å²) in [6.07, 6.45) is 2.15. The second kappa shape index (κ2) is 6.88. The number of rotatable bonds is 3. The highest BCUT2D eigenvalue weighted by molar-refractivity contribution is 6.01.